The molecular weight excluding hydrogens is 202 g/mol. The van der Waals surface area contributed by atoms with Crippen LogP contribution in [0.3, 0.4) is 0 Å². The van der Waals surface area contributed by atoms with E-state index >= 15 is 0 Å². The standard InChI is InChI=1S/C12H13N3O/c1-9-4-2-3-5-11(9)14-12(16)8-10-6-7-13-15-10/h2-7H,8H2,1H3,(H,13,15)(H,14,16). The molecule has 0 saturated heterocycles. The lowest BCUT2D eigenvalue weighted by Gasteiger charge is -2.06. The van der Waals surface area contributed by atoms with Crippen LogP contribution in [0.4, 0.5) is 5.69 Å². The van der Waals surface area contributed by atoms with Crippen molar-refractivity contribution in [2.24, 2.45) is 0 Å². The number of nitrogens with zero attached hydrogens (tertiary/aromatic N) is 1. The van der Waals surface area contributed by atoms with Gasteiger partial charge in [0.25, 0.3) is 0 Å². The topological polar surface area (TPSA) is 57.8 Å². The Bertz CT molecular complexity index is 477. The number of carbonyl (C=O) groups excluding carboxylic acids is 1. The molecule has 0 aliphatic carbocycles. The number of aryl methyl sites for hydroxylation is 1. The fourth-order valence-electron chi connectivity index (χ4n) is 1.46. The predicted molar refractivity (Wildman–Crippen MR) is 62.1 cm³/mol. The molecule has 0 aliphatic rings. The van der Waals surface area contributed by atoms with Crippen molar-refractivity contribution < 1.29 is 4.79 Å². The van der Waals surface area contributed by atoms with Gasteiger partial charge in [0.15, 0.2) is 0 Å². The summed E-state index contributed by atoms with van der Waals surface area (Å²) in [5, 5.41) is 9.41. The zero-order valence-electron chi connectivity index (χ0n) is 9.03. The van der Waals surface area contributed by atoms with E-state index in [1.165, 1.54) is 0 Å². The number of rotatable bonds is 3. The van der Waals surface area contributed by atoms with Crippen molar-refractivity contribution in [2.45, 2.75) is 13.3 Å². The number of amides is 1. The molecule has 0 fully saturated rings. The van der Waals surface area contributed by atoms with Gasteiger partial charge in [-0.1, -0.05) is 18.2 Å². The van der Waals surface area contributed by atoms with E-state index in [1.807, 2.05) is 31.2 Å². The first-order valence-corrected chi connectivity index (χ1v) is 5.09. The Balaban J connectivity index is 2.00. The number of nitrogens with one attached hydrogen (secondary N) is 2. The molecule has 0 spiro atoms. The van der Waals surface area contributed by atoms with Gasteiger partial charge in [0, 0.05) is 17.6 Å². The smallest absolute Gasteiger partial charge is 0.230 e. The van der Waals surface area contributed by atoms with Crippen LogP contribution >= 0.6 is 0 Å². The Morgan fingerprint density at radius 2 is 2.19 bits per heavy atom. The Labute approximate surface area is 93.7 Å². The average molecular weight is 215 g/mol. The molecule has 16 heavy (non-hydrogen) atoms. The molecular formula is C12H13N3O. The van der Waals surface area contributed by atoms with Crippen molar-refractivity contribution in [1.82, 2.24) is 10.2 Å². The van der Waals surface area contributed by atoms with Gasteiger partial charge in [0.2, 0.25) is 5.91 Å². The van der Waals surface area contributed by atoms with Crippen LogP contribution in [0.15, 0.2) is 36.5 Å². The number of benzene rings is 1. The number of carbonyl (C=O) groups is 1. The molecule has 1 amide bonds. The second-order valence-electron chi connectivity index (χ2n) is 3.62. The van der Waals surface area contributed by atoms with Crippen molar-refractivity contribution >= 4 is 11.6 Å². The van der Waals surface area contributed by atoms with E-state index < -0.39 is 0 Å². The second kappa shape index (κ2) is 4.61. The molecule has 0 bridgehead atoms. The molecule has 0 aliphatic heterocycles. The summed E-state index contributed by atoms with van der Waals surface area (Å²) in [7, 11) is 0. The number of hydrogen-bond acceptors (Lipinski definition) is 2. The van der Waals surface area contributed by atoms with E-state index in [9.17, 15) is 4.79 Å². The third-order valence-corrected chi connectivity index (χ3v) is 2.33. The number of para-hydroxylation sites is 1. The molecule has 4 heteroatoms. The van der Waals surface area contributed by atoms with Crippen LogP contribution in [0.2, 0.25) is 0 Å². The minimum absolute atomic E-state index is 0.0430. The highest BCUT2D eigenvalue weighted by Gasteiger charge is 2.05. The third kappa shape index (κ3) is 2.48. The Hall–Kier alpha value is -2.10. The minimum Gasteiger partial charge on any atom is -0.326 e. The number of anilines is 1. The number of aromatic nitrogens is 2. The highest BCUT2D eigenvalue weighted by Crippen LogP contribution is 2.13. The summed E-state index contributed by atoms with van der Waals surface area (Å²) in [4.78, 5) is 11.7. The maximum absolute atomic E-state index is 11.7. The molecule has 4 nitrogen and oxygen atoms in total. The molecule has 0 unspecified atom stereocenters. The molecule has 1 aromatic carbocycles. The molecule has 2 aromatic rings. The van der Waals surface area contributed by atoms with Crippen LogP contribution < -0.4 is 5.32 Å². The SMILES string of the molecule is Cc1ccccc1NC(=O)Cc1ccn[nH]1. The molecule has 0 atom stereocenters. The van der Waals surface area contributed by atoms with E-state index in [0.717, 1.165) is 16.9 Å². The molecule has 0 saturated carbocycles. The number of H-pyrrole nitrogens is 1. The van der Waals surface area contributed by atoms with Crippen molar-refractivity contribution in [3.63, 3.8) is 0 Å². The largest absolute Gasteiger partial charge is 0.326 e. The predicted octanol–water partition coefficient (Wildman–Crippen LogP) is 1.90. The van der Waals surface area contributed by atoms with E-state index in [1.54, 1.807) is 12.3 Å². The van der Waals surface area contributed by atoms with E-state index in [4.69, 9.17) is 0 Å². The quantitative estimate of drug-likeness (QED) is 0.821. The van der Waals surface area contributed by atoms with Crippen LogP contribution in [0, 0.1) is 6.92 Å². The third-order valence-electron chi connectivity index (χ3n) is 2.33. The van der Waals surface area contributed by atoms with Gasteiger partial charge >= 0.3 is 0 Å². The number of hydrogen-bond donors (Lipinski definition) is 2. The monoisotopic (exact) mass is 215 g/mol. The van der Waals surface area contributed by atoms with Crippen molar-refractivity contribution in [3.8, 4) is 0 Å². The number of aromatic amines is 1. The van der Waals surface area contributed by atoms with Crippen LogP contribution in [0.5, 0.6) is 0 Å². The maximum atomic E-state index is 11.7. The lowest BCUT2D eigenvalue weighted by molar-refractivity contribution is -0.115. The lowest BCUT2D eigenvalue weighted by Crippen LogP contribution is -2.15. The summed E-state index contributed by atoms with van der Waals surface area (Å²) >= 11 is 0. The molecule has 1 heterocycles. The summed E-state index contributed by atoms with van der Waals surface area (Å²) in [6, 6.07) is 9.49. The summed E-state index contributed by atoms with van der Waals surface area (Å²) in [5.41, 5.74) is 2.72. The normalized spacial score (nSPS) is 10.1. The van der Waals surface area contributed by atoms with Gasteiger partial charge in [0.1, 0.15) is 0 Å². The lowest BCUT2D eigenvalue weighted by atomic mass is 10.2. The molecule has 2 rings (SSSR count). The van der Waals surface area contributed by atoms with E-state index in [-0.39, 0.29) is 5.91 Å². The molecule has 82 valence electrons. The Morgan fingerprint density at radius 1 is 1.38 bits per heavy atom. The van der Waals surface area contributed by atoms with Gasteiger partial charge in [-0.3, -0.25) is 9.89 Å². The van der Waals surface area contributed by atoms with Crippen molar-refractivity contribution in [2.75, 3.05) is 5.32 Å². The molecule has 1 aromatic heterocycles. The van der Waals surface area contributed by atoms with Gasteiger partial charge < -0.3 is 5.32 Å². The average Bonchev–Trinajstić information content (AvgIpc) is 2.74. The first-order valence-electron chi connectivity index (χ1n) is 5.09. The van der Waals surface area contributed by atoms with Gasteiger partial charge in [-0.05, 0) is 24.6 Å². The first kappa shape index (κ1) is 10.4. The highest BCUT2D eigenvalue weighted by atomic mass is 16.1. The van der Waals surface area contributed by atoms with Gasteiger partial charge in [-0.2, -0.15) is 5.10 Å². The van der Waals surface area contributed by atoms with Crippen LogP contribution in [0.25, 0.3) is 0 Å². The Kier molecular flexibility index (Phi) is 3.00. The summed E-state index contributed by atoms with van der Waals surface area (Å²) in [5.74, 6) is -0.0430. The highest BCUT2D eigenvalue weighted by molar-refractivity contribution is 5.92. The fraction of sp³-hybridized carbons (Fsp3) is 0.167. The van der Waals surface area contributed by atoms with Crippen molar-refractivity contribution in [1.29, 1.82) is 0 Å². The molecule has 0 radical (unpaired) electrons. The van der Waals surface area contributed by atoms with Gasteiger partial charge in [-0.25, -0.2) is 0 Å². The van der Waals surface area contributed by atoms with Gasteiger partial charge in [0.05, 0.1) is 6.42 Å². The minimum atomic E-state index is -0.0430. The summed E-state index contributed by atoms with van der Waals surface area (Å²) in [6.45, 7) is 1.96. The Morgan fingerprint density at radius 3 is 2.88 bits per heavy atom. The second-order valence-corrected chi connectivity index (χ2v) is 3.62. The molecule has 2 N–H and O–H groups in total. The van der Waals surface area contributed by atoms with Crippen LogP contribution in [-0.2, 0) is 11.2 Å². The van der Waals surface area contributed by atoms with E-state index in [0.29, 0.717) is 6.42 Å². The fourth-order valence-corrected chi connectivity index (χ4v) is 1.46. The summed E-state index contributed by atoms with van der Waals surface area (Å²) in [6.07, 6.45) is 1.95. The zero-order valence-corrected chi connectivity index (χ0v) is 9.03. The van der Waals surface area contributed by atoms with E-state index in [2.05, 4.69) is 15.5 Å². The summed E-state index contributed by atoms with van der Waals surface area (Å²) < 4.78 is 0. The van der Waals surface area contributed by atoms with Crippen LogP contribution in [-0.4, -0.2) is 16.1 Å². The first-order chi connectivity index (χ1) is 7.75. The van der Waals surface area contributed by atoms with Crippen LogP contribution in [0.1, 0.15) is 11.3 Å². The zero-order chi connectivity index (χ0) is 11.4. The van der Waals surface area contributed by atoms with Crippen molar-refractivity contribution in [3.05, 3.63) is 47.8 Å². The van der Waals surface area contributed by atoms with Gasteiger partial charge in [-0.15, -0.1) is 0 Å². The maximum Gasteiger partial charge on any atom is 0.230 e.